The van der Waals surface area contributed by atoms with E-state index in [4.69, 9.17) is 4.74 Å². The Balaban J connectivity index is 1.92. The molecule has 0 aliphatic carbocycles. The number of hydrogen-bond acceptors (Lipinski definition) is 2. The molecule has 0 amide bonds. The fraction of sp³-hybridized carbons (Fsp3) is 1.00. The molecular formula is C14H27NO. The van der Waals surface area contributed by atoms with Crippen LogP contribution in [0, 0.1) is 5.92 Å². The van der Waals surface area contributed by atoms with Crippen LogP contribution in [0.5, 0.6) is 0 Å². The van der Waals surface area contributed by atoms with Crippen molar-refractivity contribution in [3.63, 3.8) is 0 Å². The Morgan fingerprint density at radius 3 is 2.25 bits per heavy atom. The van der Waals surface area contributed by atoms with E-state index in [1.54, 1.807) is 0 Å². The molecule has 0 aromatic heterocycles. The van der Waals surface area contributed by atoms with Crippen molar-refractivity contribution in [3.8, 4) is 0 Å². The molecule has 2 atom stereocenters. The second kappa shape index (κ2) is 4.66. The van der Waals surface area contributed by atoms with Gasteiger partial charge in [-0.25, -0.2) is 0 Å². The average molecular weight is 225 g/mol. The van der Waals surface area contributed by atoms with Crippen molar-refractivity contribution in [2.24, 2.45) is 5.92 Å². The summed E-state index contributed by atoms with van der Waals surface area (Å²) in [7, 11) is 0. The van der Waals surface area contributed by atoms with Crippen LogP contribution in [0.1, 0.15) is 53.4 Å². The predicted molar refractivity (Wildman–Crippen MR) is 67.6 cm³/mol. The molecule has 2 saturated heterocycles. The zero-order chi connectivity index (χ0) is 11.8. The molecule has 1 spiro atoms. The highest BCUT2D eigenvalue weighted by molar-refractivity contribution is 4.92. The first-order valence-corrected chi connectivity index (χ1v) is 6.94. The highest BCUT2D eigenvalue weighted by Gasteiger charge is 2.41. The van der Waals surface area contributed by atoms with E-state index in [0.717, 1.165) is 5.92 Å². The smallest absolute Gasteiger partial charge is 0.0710 e. The summed E-state index contributed by atoms with van der Waals surface area (Å²) in [4.78, 5) is 2.58. The highest BCUT2D eigenvalue weighted by atomic mass is 16.5. The number of rotatable bonds is 1. The first-order valence-electron chi connectivity index (χ1n) is 6.94. The van der Waals surface area contributed by atoms with Crippen molar-refractivity contribution in [1.29, 1.82) is 0 Å². The van der Waals surface area contributed by atoms with Gasteiger partial charge in [-0.15, -0.1) is 0 Å². The summed E-state index contributed by atoms with van der Waals surface area (Å²) in [6.07, 6.45) is 5.57. The fourth-order valence-corrected chi connectivity index (χ4v) is 3.11. The quantitative estimate of drug-likeness (QED) is 0.680. The molecule has 2 aliphatic rings. The molecule has 0 aromatic carbocycles. The average Bonchev–Trinajstić information content (AvgIpc) is 2.25. The van der Waals surface area contributed by atoms with Crippen LogP contribution in [0.3, 0.4) is 0 Å². The normalized spacial score (nSPS) is 35.8. The first kappa shape index (κ1) is 12.4. The molecule has 2 unspecified atom stereocenters. The molecule has 16 heavy (non-hydrogen) atoms. The van der Waals surface area contributed by atoms with Crippen LogP contribution in [-0.4, -0.2) is 35.7 Å². The molecule has 2 heteroatoms. The lowest BCUT2D eigenvalue weighted by Crippen LogP contribution is -2.52. The Labute approximate surface area is 100 Å². The van der Waals surface area contributed by atoms with Crippen LogP contribution in [0.4, 0.5) is 0 Å². The Hall–Kier alpha value is -0.0800. The Morgan fingerprint density at radius 2 is 1.75 bits per heavy atom. The standard InChI is InChI=1S/C14H27NO/c1-11(2)15-9-7-14(8-10-15)6-5-12(3)13(4)16-14/h11-13H,5-10H2,1-4H3. The molecular weight excluding hydrogens is 198 g/mol. The molecule has 2 aliphatic heterocycles. The number of nitrogens with zero attached hydrogens (tertiary/aromatic N) is 1. The zero-order valence-electron chi connectivity index (χ0n) is 11.3. The zero-order valence-corrected chi connectivity index (χ0v) is 11.3. The molecule has 2 nitrogen and oxygen atoms in total. The maximum Gasteiger partial charge on any atom is 0.0710 e. The largest absolute Gasteiger partial charge is 0.372 e. The van der Waals surface area contributed by atoms with Crippen LogP contribution >= 0.6 is 0 Å². The van der Waals surface area contributed by atoms with Crippen molar-refractivity contribution in [2.45, 2.75) is 71.1 Å². The molecule has 2 heterocycles. The van der Waals surface area contributed by atoms with Gasteiger partial charge in [-0.3, -0.25) is 0 Å². The highest BCUT2D eigenvalue weighted by Crippen LogP contribution is 2.39. The van der Waals surface area contributed by atoms with Gasteiger partial charge < -0.3 is 9.64 Å². The Bertz CT molecular complexity index is 231. The second-order valence-corrected chi connectivity index (χ2v) is 6.15. The van der Waals surface area contributed by atoms with E-state index in [0.29, 0.717) is 12.1 Å². The van der Waals surface area contributed by atoms with Gasteiger partial charge in [0.2, 0.25) is 0 Å². The van der Waals surface area contributed by atoms with E-state index in [1.165, 1.54) is 38.8 Å². The van der Waals surface area contributed by atoms with E-state index < -0.39 is 0 Å². The van der Waals surface area contributed by atoms with Crippen molar-refractivity contribution in [3.05, 3.63) is 0 Å². The third-order valence-corrected chi connectivity index (χ3v) is 4.73. The number of hydrogen-bond donors (Lipinski definition) is 0. The van der Waals surface area contributed by atoms with Crippen molar-refractivity contribution in [1.82, 2.24) is 4.90 Å². The third kappa shape index (κ3) is 2.43. The van der Waals surface area contributed by atoms with Gasteiger partial charge in [-0.2, -0.15) is 0 Å². The van der Waals surface area contributed by atoms with Gasteiger partial charge in [0, 0.05) is 19.1 Å². The maximum absolute atomic E-state index is 6.33. The summed E-state index contributed by atoms with van der Waals surface area (Å²) < 4.78 is 6.33. The van der Waals surface area contributed by atoms with Crippen LogP contribution in [0.2, 0.25) is 0 Å². The van der Waals surface area contributed by atoms with E-state index in [-0.39, 0.29) is 5.60 Å². The van der Waals surface area contributed by atoms with Crippen molar-refractivity contribution < 1.29 is 4.74 Å². The van der Waals surface area contributed by atoms with Crippen molar-refractivity contribution >= 4 is 0 Å². The van der Waals surface area contributed by atoms with Crippen molar-refractivity contribution in [2.75, 3.05) is 13.1 Å². The second-order valence-electron chi connectivity index (χ2n) is 6.15. The summed E-state index contributed by atoms with van der Waals surface area (Å²) in [5.41, 5.74) is 0.233. The lowest BCUT2D eigenvalue weighted by atomic mass is 9.80. The van der Waals surface area contributed by atoms with Crippen LogP contribution < -0.4 is 0 Å². The minimum Gasteiger partial charge on any atom is -0.372 e. The maximum atomic E-state index is 6.33. The fourth-order valence-electron chi connectivity index (χ4n) is 3.11. The van der Waals surface area contributed by atoms with Crippen LogP contribution in [0.25, 0.3) is 0 Å². The SMILES string of the molecule is CC1CCC2(CCN(C(C)C)CC2)OC1C. The molecule has 0 bridgehead atoms. The summed E-state index contributed by atoms with van der Waals surface area (Å²) in [6, 6.07) is 0.692. The van der Waals surface area contributed by atoms with Crippen LogP contribution in [0.15, 0.2) is 0 Å². The Kier molecular flexibility index (Phi) is 3.60. The van der Waals surface area contributed by atoms with Gasteiger partial charge in [0.1, 0.15) is 0 Å². The molecule has 0 N–H and O–H groups in total. The minimum absolute atomic E-state index is 0.233. The van der Waals surface area contributed by atoms with Gasteiger partial charge in [0.05, 0.1) is 11.7 Å². The topological polar surface area (TPSA) is 12.5 Å². The van der Waals surface area contributed by atoms with Gasteiger partial charge >= 0.3 is 0 Å². The van der Waals surface area contributed by atoms with E-state index in [9.17, 15) is 0 Å². The molecule has 2 fully saturated rings. The first-order chi connectivity index (χ1) is 7.52. The van der Waals surface area contributed by atoms with Crippen LogP contribution in [-0.2, 0) is 4.74 Å². The minimum atomic E-state index is 0.233. The van der Waals surface area contributed by atoms with Gasteiger partial charge in [-0.1, -0.05) is 6.92 Å². The number of piperidine rings is 1. The lowest BCUT2D eigenvalue weighted by Gasteiger charge is -2.48. The lowest BCUT2D eigenvalue weighted by molar-refractivity contribution is -0.166. The summed E-state index contributed by atoms with van der Waals surface area (Å²) in [5, 5.41) is 0. The summed E-state index contributed by atoms with van der Waals surface area (Å²) >= 11 is 0. The molecule has 2 rings (SSSR count). The number of ether oxygens (including phenoxy) is 1. The summed E-state index contributed by atoms with van der Waals surface area (Å²) in [5.74, 6) is 0.744. The molecule has 0 saturated carbocycles. The molecule has 0 radical (unpaired) electrons. The molecule has 0 aromatic rings. The van der Waals surface area contributed by atoms with Gasteiger partial charge in [0.25, 0.3) is 0 Å². The monoisotopic (exact) mass is 225 g/mol. The van der Waals surface area contributed by atoms with Gasteiger partial charge in [0.15, 0.2) is 0 Å². The van der Waals surface area contributed by atoms with E-state index in [1.807, 2.05) is 0 Å². The predicted octanol–water partition coefficient (Wildman–Crippen LogP) is 3.06. The molecule has 94 valence electrons. The Morgan fingerprint density at radius 1 is 1.12 bits per heavy atom. The van der Waals surface area contributed by atoms with E-state index in [2.05, 4.69) is 32.6 Å². The summed E-state index contributed by atoms with van der Waals surface area (Å²) in [6.45, 7) is 11.6. The number of likely N-dealkylation sites (tertiary alicyclic amines) is 1. The third-order valence-electron chi connectivity index (χ3n) is 4.73. The van der Waals surface area contributed by atoms with Gasteiger partial charge in [-0.05, 0) is 52.4 Å². The van der Waals surface area contributed by atoms with E-state index >= 15 is 0 Å².